The van der Waals surface area contributed by atoms with Gasteiger partial charge in [0.05, 0.1) is 15.7 Å². The van der Waals surface area contributed by atoms with E-state index in [0.29, 0.717) is 0 Å². The van der Waals surface area contributed by atoms with E-state index in [2.05, 4.69) is 0 Å². The third kappa shape index (κ3) is 2.09. The minimum atomic E-state index is -1.65. The van der Waals surface area contributed by atoms with Crippen LogP contribution in [0.15, 0.2) is 12.1 Å². The van der Waals surface area contributed by atoms with Gasteiger partial charge < -0.3 is 15.9 Å². The molecule has 0 spiro atoms. The summed E-state index contributed by atoms with van der Waals surface area (Å²) in [5.74, 6) is -1.37. The molecule has 1 aromatic carbocycles. The lowest BCUT2D eigenvalue weighted by atomic mass is 10.1. The molecule has 0 aliphatic carbocycles. The largest absolute Gasteiger partial charge is 0.479 e. The second kappa shape index (κ2) is 4.04. The molecule has 0 aliphatic rings. The highest BCUT2D eigenvalue weighted by Crippen LogP contribution is 2.31. The molecule has 0 bridgehead atoms. The SMILES string of the molecule is Nc1c(Cl)cc([C@@H](O)C(=O)O)cc1Cl. The number of rotatable bonds is 2. The molecule has 0 amide bonds. The second-order valence-electron chi connectivity index (χ2n) is 2.64. The van der Waals surface area contributed by atoms with Crippen molar-refractivity contribution in [3.05, 3.63) is 27.7 Å². The average molecular weight is 236 g/mol. The first-order valence-electron chi connectivity index (χ1n) is 3.58. The zero-order valence-corrected chi connectivity index (χ0v) is 8.38. The molecule has 4 nitrogen and oxygen atoms in total. The number of nitrogen functional groups attached to an aromatic ring is 1. The number of carboxylic acids is 1. The summed E-state index contributed by atoms with van der Waals surface area (Å²) in [6.07, 6.45) is -1.65. The monoisotopic (exact) mass is 235 g/mol. The molecule has 0 fully saturated rings. The van der Waals surface area contributed by atoms with E-state index < -0.39 is 12.1 Å². The Labute approximate surface area is 89.9 Å². The Hall–Kier alpha value is -0.970. The number of aliphatic carboxylic acids is 1. The molecule has 0 heterocycles. The normalized spacial score (nSPS) is 12.5. The van der Waals surface area contributed by atoms with E-state index in [1.165, 1.54) is 12.1 Å². The van der Waals surface area contributed by atoms with Gasteiger partial charge in [0.1, 0.15) is 0 Å². The fraction of sp³-hybridized carbons (Fsp3) is 0.125. The highest BCUT2D eigenvalue weighted by Gasteiger charge is 2.18. The number of anilines is 1. The van der Waals surface area contributed by atoms with Crippen molar-refractivity contribution in [1.29, 1.82) is 0 Å². The van der Waals surface area contributed by atoms with E-state index in [0.717, 1.165) is 0 Å². The third-order valence-electron chi connectivity index (χ3n) is 1.65. The molecule has 14 heavy (non-hydrogen) atoms. The molecule has 1 atom stereocenters. The van der Waals surface area contributed by atoms with Crippen LogP contribution >= 0.6 is 23.2 Å². The minimum absolute atomic E-state index is 0.0988. The Morgan fingerprint density at radius 1 is 1.36 bits per heavy atom. The van der Waals surface area contributed by atoms with Gasteiger partial charge >= 0.3 is 5.97 Å². The lowest BCUT2D eigenvalue weighted by molar-refractivity contribution is -0.146. The summed E-state index contributed by atoms with van der Waals surface area (Å²) in [4.78, 5) is 10.4. The molecule has 6 heteroatoms. The summed E-state index contributed by atoms with van der Waals surface area (Å²) in [6.45, 7) is 0. The van der Waals surface area contributed by atoms with Crippen LogP contribution in [0, 0.1) is 0 Å². The number of nitrogens with two attached hydrogens (primary N) is 1. The number of benzene rings is 1. The van der Waals surface area contributed by atoms with Crippen LogP contribution in [0.2, 0.25) is 10.0 Å². The van der Waals surface area contributed by atoms with E-state index in [4.69, 9.17) is 34.0 Å². The van der Waals surface area contributed by atoms with E-state index in [1.807, 2.05) is 0 Å². The van der Waals surface area contributed by atoms with Gasteiger partial charge in [0, 0.05) is 0 Å². The predicted molar refractivity (Wildman–Crippen MR) is 53.5 cm³/mol. The Kier molecular flexibility index (Phi) is 3.21. The number of aliphatic hydroxyl groups is 1. The third-order valence-corrected chi connectivity index (χ3v) is 2.28. The van der Waals surface area contributed by atoms with Crippen LogP contribution in [0.25, 0.3) is 0 Å². The molecule has 0 unspecified atom stereocenters. The van der Waals surface area contributed by atoms with E-state index in [1.54, 1.807) is 0 Å². The van der Waals surface area contributed by atoms with Gasteiger partial charge in [0.25, 0.3) is 0 Å². The molecule has 0 radical (unpaired) electrons. The van der Waals surface area contributed by atoms with Crippen molar-refractivity contribution in [2.24, 2.45) is 0 Å². The Morgan fingerprint density at radius 3 is 2.14 bits per heavy atom. The molecule has 0 aromatic heterocycles. The first kappa shape index (κ1) is 11.1. The maximum Gasteiger partial charge on any atom is 0.337 e. The summed E-state index contributed by atoms with van der Waals surface area (Å²) in [6, 6.07) is 2.53. The Balaban J connectivity index is 3.19. The van der Waals surface area contributed by atoms with Gasteiger partial charge in [0.2, 0.25) is 0 Å². The predicted octanol–water partition coefficient (Wildman–Crippen LogP) is 1.69. The van der Waals surface area contributed by atoms with Gasteiger partial charge in [-0.25, -0.2) is 4.79 Å². The topological polar surface area (TPSA) is 83.5 Å². The zero-order chi connectivity index (χ0) is 10.9. The van der Waals surface area contributed by atoms with Crippen LogP contribution in [0.4, 0.5) is 5.69 Å². The van der Waals surface area contributed by atoms with Crippen LogP contribution < -0.4 is 5.73 Å². The molecular formula is C8H7Cl2NO3. The lowest BCUT2D eigenvalue weighted by Gasteiger charge is -2.08. The summed E-state index contributed by atoms with van der Waals surface area (Å²) >= 11 is 11.3. The van der Waals surface area contributed by atoms with Crippen LogP contribution in [0.1, 0.15) is 11.7 Å². The second-order valence-corrected chi connectivity index (χ2v) is 3.45. The van der Waals surface area contributed by atoms with E-state index in [-0.39, 0.29) is 21.3 Å². The number of hydrogen-bond donors (Lipinski definition) is 3. The maximum absolute atomic E-state index is 10.4. The van der Waals surface area contributed by atoms with Gasteiger partial charge in [-0.05, 0) is 17.7 Å². The molecule has 1 aromatic rings. The Bertz CT molecular complexity index is 358. The number of halogens is 2. The van der Waals surface area contributed by atoms with Crippen molar-refractivity contribution >= 4 is 34.9 Å². The van der Waals surface area contributed by atoms with Gasteiger partial charge in [-0.3, -0.25) is 0 Å². The highest BCUT2D eigenvalue weighted by atomic mass is 35.5. The van der Waals surface area contributed by atoms with Crippen molar-refractivity contribution < 1.29 is 15.0 Å². The van der Waals surface area contributed by atoms with Crippen LogP contribution in [-0.2, 0) is 4.79 Å². The maximum atomic E-state index is 10.4. The zero-order valence-electron chi connectivity index (χ0n) is 6.87. The number of hydrogen-bond acceptors (Lipinski definition) is 3. The molecule has 0 saturated carbocycles. The smallest absolute Gasteiger partial charge is 0.337 e. The standard InChI is InChI=1S/C8H7Cl2NO3/c9-4-1-3(7(12)8(13)14)2-5(10)6(4)11/h1-2,7,12H,11H2,(H,13,14)/t7-/m1/s1. The first-order chi connectivity index (χ1) is 6.43. The van der Waals surface area contributed by atoms with E-state index in [9.17, 15) is 9.90 Å². The minimum Gasteiger partial charge on any atom is -0.479 e. The fourth-order valence-electron chi connectivity index (χ4n) is 0.904. The first-order valence-corrected chi connectivity index (χ1v) is 4.34. The fourth-order valence-corrected chi connectivity index (χ4v) is 1.41. The van der Waals surface area contributed by atoms with Crippen molar-refractivity contribution in [3.8, 4) is 0 Å². The van der Waals surface area contributed by atoms with Crippen LogP contribution in [-0.4, -0.2) is 16.2 Å². The molecule has 76 valence electrons. The summed E-state index contributed by atoms with van der Waals surface area (Å²) < 4.78 is 0. The quantitative estimate of drug-likeness (QED) is 0.682. The molecule has 0 aliphatic heterocycles. The number of carbonyl (C=O) groups is 1. The van der Waals surface area contributed by atoms with Crippen molar-refractivity contribution in [3.63, 3.8) is 0 Å². The Morgan fingerprint density at radius 2 is 1.79 bits per heavy atom. The highest BCUT2D eigenvalue weighted by molar-refractivity contribution is 6.38. The van der Waals surface area contributed by atoms with Gasteiger partial charge in [-0.15, -0.1) is 0 Å². The van der Waals surface area contributed by atoms with Crippen molar-refractivity contribution in [2.75, 3.05) is 5.73 Å². The van der Waals surface area contributed by atoms with Crippen molar-refractivity contribution in [1.82, 2.24) is 0 Å². The number of aliphatic hydroxyl groups excluding tert-OH is 1. The average Bonchev–Trinajstić information content (AvgIpc) is 2.12. The van der Waals surface area contributed by atoms with E-state index >= 15 is 0 Å². The molecule has 4 N–H and O–H groups in total. The summed E-state index contributed by atoms with van der Waals surface area (Å²) in [5.41, 5.74) is 5.69. The van der Waals surface area contributed by atoms with Gasteiger partial charge in [-0.1, -0.05) is 23.2 Å². The molecule has 1 rings (SSSR count). The van der Waals surface area contributed by atoms with Gasteiger partial charge in [0.15, 0.2) is 6.10 Å². The number of carboxylic acid groups (broad SMARTS) is 1. The van der Waals surface area contributed by atoms with Crippen molar-refractivity contribution in [2.45, 2.75) is 6.10 Å². The molecule has 0 saturated heterocycles. The van der Waals surface area contributed by atoms with Gasteiger partial charge in [-0.2, -0.15) is 0 Å². The summed E-state index contributed by atoms with van der Waals surface area (Å²) in [5, 5.41) is 17.9. The summed E-state index contributed by atoms with van der Waals surface area (Å²) in [7, 11) is 0. The van der Waals surface area contributed by atoms with Crippen LogP contribution in [0.3, 0.4) is 0 Å². The molecular weight excluding hydrogens is 229 g/mol. The lowest BCUT2D eigenvalue weighted by Crippen LogP contribution is -2.10. The van der Waals surface area contributed by atoms with Crippen LogP contribution in [0.5, 0.6) is 0 Å².